The molecule has 3 aromatic rings. The molecule has 2 aliphatic carbocycles. The van der Waals surface area contributed by atoms with Crippen LogP contribution in [0.2, 0.25) is 0 Å². The second kappa shape index (κ2) is 15.5. The van der Waals surface area contributed by atoms with E-state index in [1.807, 2.05) is 24.3 Å². The van der Waals surface area contributed by atoms with Gasteiger partial charge in [0, 0.05) is 11.0 Å². The van der Waals surface area contributed by atoms with Crippen molar-refractivity contribution in [2.45, 2.75) is 91.5 Å². The van der Waals surface area contributed by atoms with Gasteiger partial charge in [0.25, 0.3) is 0 Å². The molecule has 1 saturated carbocycles. The third kappa shape index (κ3) is 9.15. The maximum Gasteiger partial charge on any atom is 0.413 e. The van der Waals surface area contributed by atoms with Gasteiger partial charge in [-0.2, -0.15) is 0 Å². The first-order valence-corrected chi connectivity index (χ1v) is 17.0. The van der Waals surface area contributed by atoms with Crippen LogP contribution in [0.3, 0.4) is 0 Å². The molecule has 3 aromatic carbocycles. The van der Waals surface area contributed by atoms with Crippen molar-refractivity contribution in [3.63, 3.8) is 0 Å². The molecule has 47 heavy (non-hydrogen) atoms. The molecule has 0 unspecified atom stereocenters. The summed E-state index contributed by atoms with van der Waals surface area (Å²) in [5, 5.41) is 11.0. The molecule has 2 N–H and O–H groups in total. The van der Waals surface area contributed by atoms with Gasteiger partial charge in [0.05, 0.1) is 0 Å². The number of alkyl carbamates (subject to hydrolysis) is 1. The molecule has 0 saturated heterocycles. The Morgan fingerprint density at radius 3 is 2.17 bits per heavy atom. The molecule has 0 heterocycles. The Labute approximate surface area is 280 Å². The molecule has 2 aliphatic rings. The molecule has 0 bridgehead atoms. The number of amidine groups is 1. The summed E-state index contributed by atoms with van der Waals surface area (Å²) in [6, 6.07) is 23.8. The third-order valence-electron chi connectivity index (χ3n) is 9.78. The first kappa shape index (κ1) is 34.0. The average Bonchev–Trinajstić information content (AvgIpc) is 3.07. The van der Waals surface area contributed by atoms with Crippen molar-refractivity contribution in [2.75, 3.05) is 0 Å². The summed E-state index contributed by atoms with van der Waals surface area (Å²) in [4.78, 5) is 12.6. The fourth-order valence-electron chi connectivity index (χ4n) is 6.73. The largest absolute Gasteiger partial charge is 0.489 e. The summed E-state index contributed by atoms with van der Waals surface area (Å²) in [5.74, 6) is 2.88. The van der Waals surface area contributed by atoms with Crippen molar-refractivity contribution in [2.24, 2.45) is 17.8 Å². The maximum absolute atomic E-state index is 12.6. The Morgan fingerprint density at radius 1 is 0.936 bits per heavy atom. The lowest BCUT2D eigenvalue weighted by Crippen LogP contribution is -2.40. The van der Waals surface area contributed by atoms with Gasteiger partial charge in [0.1, 0.15) is 36.7 Å². The van der Waals surface area contributed by atoms with Gasteiger partial charge in [-0.05, 0) is 103 Å². The molecule has 0 spiro atoms. The second-order valence-electron chi connectivity index (χ2n) is 14.0. The summed E-state index contributed by atoms with van der Waals surface area (Å²) in [6.07, 6.45) is 11.3. The smallest absolute Gasteiger partial charge is 0.413 e. The summed E-state index contributed by atoms with van der Waals surface area (Å²) in [5.41, 5.74) is 5.44. The van der Waals surface area contributed by atoms with E-state index >= 15 is 0 Å². The maximum atomic E-state index is 12.6. The van der Waals surface area contributed by atoms with E-state index < -0.39 is 6.09 Å². The standard InChI is InChI=1S/C41H50N2O4/c1-28(2)37-23-14-29(3)24-38(37)47-40(44)43-39(42)32-15-19-35(20-16-32)45-26-30-10-9-11-31(25-30)27-46-36-21-17-34(18-22-36)41(4,5)33-12-7-6-8-13-33/h6-7,9-12,15-22,25,28-29,37-38H,8,13-14,23-24,26-27H2,1-5H3,(H2,42,43,44)/t29-,37+,38-/m1/s1. The molecule has 0 radical (unpaired) electrons. The van der Waals surface area contributed by atoms with Gasteiger partial charge >= 0.3 is 6.09 Å². The van der Waals surface area contributed by atoms with Gasteiger partial charge in [-0.15, -0.1) is 0 Å². The van der Waals surface area contributed by atoms with E-state index in [1.165, 1.54) is 17.6 Å². The number of amides is 1. The van der Waals surface area contributed by atoms with E-state index in [-0.39, 0.29) is 17.4 Å². The average molecular weight is 635 g/mol. The third-order valence-corrected chi connectivity index (χ3v) is 9.78. The number of ether oxygens (including phenoxy) is 3. The molecule has 1 fully saturated rings. The molecule has 5 rings (SSSR count). The van der Waals surface area contributed by atoms with Crippen molar-refractivity contribution >= 4 is 11.9 Å². The summed E-state index contributed by atoms with van der Waals surface area (Å²) >= 11 is 0. The molecule has 0 aromatic heterocycles. The first-order chi connectivity index (χ1) is 22.6. The summed E-state index contributed by atoms with van der Waals surface area (Å²) < 4.78 is 18.0. The van der Waals surface area contributed by atoms with E-state index in [2.05, 4.69) is 94.6 Å². The number of hydrogen-bond donors (Lipinski definition) is 2. The van der Waals surface area contributed by atoms with Crippen molar-refractivity contribution in [1.29, 1.82) is 5.41 Å². The predicted octanol–water partition coefficient (Wildman–Crippen LogP) is 9.91. The number of rotatable bonds is 11. The fraction of sp³-hybridized carbons (Fsp3) is 0.415. The Kier molecular flexibility index (Phi) is 11.2. The highest BCUT2D eigenvalue weighted by Crippen LogP contribution is 2.37. The van der Waals surface area contributed by atoms with Crippen LogP contribution in [0.1, 0.15) is 89.0 Å². The van der Waals surface area contributed by atoms with E-state index in [9.17, 15) is 4.79 Å². The van der Waals surface area contributed by atoms with E-state index in [0.29, 0.717) is 42.3 Å². The van der Waals surface area contributed by atoms with Crippen molar-refractivity contribution in [3.05, 3.63) is 119 Å². The van der Waals surface area contributed by atoms with Crippen LogP contribution in [0.15, 0.2) is 96.6 Å². The lowest BCUT2D eigenvalue weighted by atomic mass is 9.75. The van der Waals surface area contributed by atoms with Crippen LogP contribution in [-0.2, 0) is 23.4 Å². The van der Waals surface area contributed by atoms with Crippen LogP contribution in [0, 0.1) is 23.2 Å². The van der Waals surface area contributed by atoms with Crippen molar-refractivity contribution < 1.29 is 19.0 Å². The lowest BCUT2D eigenvalue weighted by Gasteiger charge is -2.36. The molecular weight excluding hydrogens is 584 g/mol. The minimum absolute atomic E-state index is 0.00466. The quantitative estimate of drug-likeness (QED) is 0.163. The highest BCUT2D eigenvalue weighted by Gasteiger charge is 2.33. The number of benzene rings is 3. The van der Waals surface area contributed by atoms with E-state index in [4.69, 9.17) is 19.6 Å². The van der Waals surface area contributed by atoms with Crippen molar-refractivity contribution in [1.82, 2.24) is 5.32 Å². The number of nitrogens with one attached hydrogen (secondary N) is 2. The molecule has 3 atom stereocenters. The molecule has 6 nitrogen and oxygen atoms in total. The second-order valence-corrected chi connectivity index (χ2v) is 14.0. The normalized spacial score (nSPS) is 19.5. The number of carbonyl (C=O) groups excluding carboxylic acids is 1. The van der Waals surface area contributed by atoms with Gasteiger partial charge in [-0.1, -0.05) is 95.2 Å². The zero-order chi connectivity index (χ0) is 33.4. The van der Waals surface area contributed by atoms with Crippen LogP contribution < -0.4 is 14.8 Å². The van der Waals surface area contributed by atoms with Crippen LogP contribution in [0.4, 0.5) is 4.79 Å². The Morgan fingerprint density at radius 2 is 1.57 bits per heavy atom. The summed E-state index contributed by atoms with van der Waals surface area (Å²) in [6.45, 7) is 12.0. The predicted molar refractivity (Wildman–Crippen MR) is 189 cm³/mol. The number of hydrogen-bond acceptors (Lipinski definition) is 5. The first-order valence-electron chi connectivity index (χ1n) is 17.0. The lowest BCUT2D eigenvalue weighted by molar-refractivity contribution is 0.00827. The van der Waals surface area contributed by atoms with Gasteiger partial charge < -0.3 is 14.2 Å². The number of allylic oxidation sites excluding steroid dienone is 4. The van der Waals surface area contributed by atoms with Crippen LogP contribution in [0.25, 0.3) is 0 Å². The highest BCUT2D eigenvalue weighted by molar-refractivity contribution is 6.04. The van der Waals surface area contributed by atoms with Crippen LogP contribution in [0.5, 0.6) is 11.5 Å². The molecule has 248 valence electrons. The van der Waals surface area contributed by atoms with E-state index in [1.54, 1.807) is 12.1 Å². The molecule has 0 aliphatic heterocycles. The SMILES string of the molecule is CC(C)[C@@H]1CC[C@@H](C)C[C@H]1OC(=O)NC(=N)c1ccc(OCc2cccc(COc3ccc(C(C)(C)C4=CC=CCC4)cc3)c2)cc1. The fourth-order valence-corrected chi connectivity index (χ4v) is 6.73. The topological polar surface area (TPSA) is 80.6 Å². The minimum Gasteiger partial charge on any atom is -0.489 e. The van der Waals surface area contributed by atoms with E-state index in [0.717, 1.165) is 42.6 Å². The highest BCUT2D eigenvalue weighted by atomic mass is 16.6. The van der Waals surface area contributed by atoms with Gasteiger partial charge in [0.2, 0.25) is 0 Å². The van der Waals surface area contributed by atoms with Gasteiger partial charge in [-0.3, -0.25) is 10.7 Å². The van der Waals surface area contributed by atoms with Gasteiger partial charge in [-0.25, -0.2) is 4.79 Å². The van der Waals surface area contributed by atoms with Gasteiger partial charge in [0.15, 0.2) is 0 Å². The zero-order valence-electron chi connectivity index (χ0n) is 28.6. The zero-order valence-corrected chi connectivity index (χ0v) is 28.6. The summed E-state index contributed by atoms with van der Waals surface area (Å²) in [7, 11) is 0. The van der Waals surface area contributed by atoms with Crippen LogP contribution >= 0.6 is 0 Å². The monoisotopic (exact) mass is 634 g/mol. The Balaban J connectivity index is 1.08. The minimum atomic E-state index is -0.560. The Hall–Kier alpha value is -4.32. The van der Waals surface area contributed by atoms with Crippen LogP contribution in [-0.4, -0.2) is 18.0 Å². The van der Waals surface area contributed by atoms with Crippen molar-refractivity contribution in [3.8, 4) is 11.5 Å². The molecule has 1 amide bonds. The Bertz CT molecular complexity index is 1570. The molecular formula is C41H50N2O4. The molecule has 6 heteroatoms. The number of carbonyl (C=O) groups is 1.